The maximum absolute atomic E-state index is 12.1. The molecular weight excluding hydrogens is 382 g/mol. The molecule has 0 saturated carbocycles. The molecule has 2 N–H and O–H groups in total. The molecule has 2 aromatic carbocycles. The van der Waals surface area contributed by atoms with E-state index in [-0.39, 0.29) is 29.3 Å². The second-order valence-electron chi connectivity index (χ2n) is 6.11. The second-order valence-corrected chi connectivity index (χ2v) is 7.88. The van der Waals surface area contributed by atoms with E-state index in [4.69, 9.17) is 4.74 Å². The van der Waals surface area contributed by atoms with Crippen molar-refractivity contribution in [1.29, 1.82) is 0 Å². The van der Waals surface area contributed by atoms with E-state index < -0.39 is 16.0 Å². The van der Waals surface area contributed by atoms with Crippen LogP contribution in [0, 0.1) is 0 Å². The Balaban J connectivity index is 1.56. The van der Waals surface area contributed by atoms with E-state index in [0.717, 1.165) is 11.0 Å². The van der Waals surface area contributed by atoms with Crippen molar-refractivity contribution in [1.82, 2.24) is 14.3 Å². The highest BCUT2D eigenvalue weighted by Gasteiger charge is 2.14. The fourth-order valence-electron chi connectivity index (χ4n) is 2.84. The second kappa shape index (κ2) is 8.41. The summed E-state index contributed by atoms with van der Waals surface area (Å²) in [6.45, 7) is 2.53. The van der Waals surface area contributed by atoms with E-state index in [1.54, 1.807) is 11.5 Å². The van der Waals surface area contributed by atoms with Crippen molar-refractivity contribution in [3.8, 4) is 0 Å². The van der Waals surface area contributed by atoms with Gasteiger partial charge in [0.05, 0.1) is 28.1 Å². The highest BCUT2D eigenvalue weighted by atomic mass is 32.2. The van der Waals surface area contributed by atoms with E-state index in [9.17, 15) is 18.0 Å². The number of hydrogen-bond donors (Lipinski definition) is 2. The maximum atomic E-state index is 12.1. The molecule has 0 aliphatic heterocycles. The lowest BCUT2D eigenvalue weighted by Gasteiger charge is -2.07. The molecule has 0 aliphatic rings. The predicted molar refractivity (Wildman–Crippen MR) is 105 cm³/mol. The van der Waals surface area contributed by atoms with Crippen LogP contribution >= 0.6 is 0 Å². The summed E-state index contributed by atoms with van der Waals surface area (Å²) in [6, 6.07) is 12.9. The summed E-state index contributed by atoms with van der Waals surface area (Å²) in [5.41, 5.74) is 1.62. The Kier molecular flexibility index (Phi) is 5.96. The molecule has 0 bridgehead atoms. The minimum Gasteiger partial charge on any atom is -0.462 e. The van der Waals surface area contributed by atoms with Crippen LogP contribution in [0.3, 0.4) is 0 Å². The number of nitrogens with one attached hydrogen (secondary N) is 2. The van der Waals surface area contributed by atoms with Crippen LogP contribution in [0.1, 0.15) is 23.7 Å². The molecule has 8 nitrogen and oxygen atoms in total. The molecule has 3 aromatic rings. The molecule has 9 heteroatoms. The molecule has 148 valence electrons. The molecule has 0 aliphatic carbocycles. The molecular formula is C19H21N3O5S. The number of carbonyl (C=O) groups excluding carboxylic acids is 1. The summed E-state index contributed by atoms with van der Waals surface area (Å²) in [4.78, 5) is 27.0. The third-order valence-corrected chi connectivity index (χ3v) is 5.74. The van der Waals surface area contributed by atoms with Gasteiger partial charge < -0.3 is 9.72 Å². The number of sulfonamides is 1. The van der Waals surface area contributed by atoms with Crippen molar-refractivity contribution >= 4 is 27.0 Å². The number of rotatable bonds is 8. The topological polar surface area (TPSA) is 110 Å². The van der Waals surface area contributed by atoms with Gasteiger partial charge in [-0.25, -0.2) is 22.7 Å². The average molecular weight is 403 g/mol. The van der Waals surface area contributed by atoms with E-state index in [1.165, 1.54) is 24.3 Å². The van der Waals surface area contributed by atoms with E-state index in [2.05, 4.69) is 9.71 Å². The smallest absolute Gasteiger partial charge is 0.338 e. The van der Waals surface area contributed by atoms with Gasteiger partial charge in [0.1, 0.15) is 0 Å². The van der Waals surface area contributed by atoms with Gasteiger partial charge in [-0.15, -0.1) is 0 Å². The lowest BCUT2D eigenvalue weighted by molar-refractivity contribution is 0.0496. The van der Waals surface area contributed by atoms with Gasteiger partial charge in [0.25, 0.3) is 0 Å². The summed E-state index contributed by atoms with van der Waals surface area (Å²) in [5.74, 6) is -0.543. The number of aryl methyl sites for hydroxylation is 1. The Labute approximate surface area is 162 Å². The van der Waals surface area contributed by atoms with Gasteiger partial charge in [-0.05, 0) is 42.8 Å². The summed E-state index contributed by atoms with van der Waals surface area (Å²) in [7, 11) is -3.56. The van der Waals surface area contributed by atoms with Gasteiger partial charge >= 0.3 is 11.7 Å². The van der Waals surface area contributed by atoms with Gasteiger partial charge in [-0.3, -0.25) is 4.57 Å². The minimum absolute atomic E-state index is 0.0876. The van der Waals surface area contributed by atoms with Crippen LogP contribution in [0.5, 0.6) is 0 Å². The maximum Gasteiger partial charge on any atom is 0.338 e. The minimum atomic E-state index is -3.56. The van der Waals surface area contributed by atoms with Crippen molar-refractivity contribution in [3.63, 3.8) is 0 Å². The number of aromatic nitrogens is 2. The normalized spacial score (nSPS) is 11.6. The number of esters is 1. The largest absolute Gasteiger partial charge is 0.462 e. The van der Waals surface area contributed by atoms with E-state index in [0.29, 0.717) is 13.0 Å². The Morgan fingerprint density at radius 1 is 1.14 bits per heavy atom. The summed E-state index contributed by atoms with van der Waals surface area (Å²) < 4.78 is 33.0. The number of benzene rings is 2. The van der Waals surface area contributed by atoms with Crippen molar-refractivity contribution in [3.05, 3.63) is 64.6 Å². The molecule has 0 radical (unpaired) electrons. The number of carbonyl (C=O) groups is 1. The fraction of sp³-hybridized carbons (Fsp3) is 0.263. The number of ether oxygens (including phenoxy) is 1. The molecule has 0 fully saturated rings. The average Bonchev–Trinajstić information content (AvgIpc) is 3.00. The summed E-state index contributed by atoms with van der Waals surface area (Å²) >= 11 is 0. The number of para-hydroxylation sites is 2. The Morgan fingerprint density at radius 2 is 1.86 bits per heavy atom. The lowest BCUT2D eigenvalue weighted by atomic mass is 10.2. The van der Waals surface area contributed by atoms with Gasteiger partial charge in [0.15, 0.2) is 0 Å². The Morgan fingerprint density at radius 3 is 2.57 bits per heavy atom. The van der Waals surface area contributed by atoms with Crippen LogP contribution in [-0.4, -0.2) is 37.1 Å². The quantitative estimate of drug-likeness (QED) is 0.441. The van der Waals surface area contributed by atoms with Gasteiger partial charge in [0.2, 0.25) is 10.0 Å². The molecule has 0 amide bonds. The molecule has 1 aromatic heterocycles. The van der Waals surface area contributed by atoms with Gasteiger partial charge in [0, 0.05) is 13.1 Å². The first-order valence-electron chi connectivity index (χ1n) is 8.87. The monoisotopic (exact) mass is 403 g/mol. The highest BCUT2D eigenvalue weighted by molar-refractivity contribution is 7.89. The van der Waals surface area contributed by atoms with Crippen molar-refractivity contribution in [2.45, 2.75) is 24.8 Å². The third kappa shape index (κ3) is 4.32. The zero-order valence-electron chi connectivity index (χ0n) is 15.3. The Hall–Kier alpha value is -2.91. The van der Waals surface area contributed by atoms with Crippen LogP contribution in [-0.2, 0) is 21.3 Å². The number of hydrogen-bond acceptors (Lipinski definition) is 5. The van der Waals surface area contributed by atoms with Crippen molar-refractivity contribution in [2.24, 2.45) is 0 Å². The molecule has 28 heavy (non-hydrogen) atoms. The van der Waals surface area contributed by atoms with Gasteiger partial charge in [-0.2, -0.15) is 0 Å². The number of nitrogens with zero attached hydrogens (tertiary/aromatic N) is 1. The zero-order valence-corrected chi connectivity index (χ0v) is 16.2. The SMILES string of the molecule is CCNS(=O)(=O)c1ccc(C(=O)OCCCn2c(=O)[nH]c3ccccc32)cc1. The fourth-order valence-corrected chi connectivity index (χ4v) is 3.88. The molecule has 0 spiro atoms. The lowest BCUT2D eigenvalue weighted by Crippen LogP contribution is -2.23. The number of imidazole rings is 1. The zero-order chi connectivity index (χ0) is 20.1. The molecule has 0 unspecified atom stereocenters. The summed E-state index contributed by atoms with van der Waals surface area (Å²) in [5, 5.41) is 0. The van der Waals surface area contributed by atoms with Crippen LogP contribution < -0.4 is 10.4 Å². The number of aromatic amines is 1. The number of fused-ring (bicyclic) bond motifs is 1. The Bertz CT molecular complexity index is 1130. The van der Waals surface area contributed by atoms with Crippen LogP contribution in [0.4, 0.5) is 0 Å². The van der Waals surface area contributed by atoms with Crippen molar-refractivity contribution < 1.29 is 17.9 Å². The third-order valence-electron chi connectivity index (χ3n) is 4.18. The van der Waals surface area contributed by atoms with E-state index in [1.807, 2.05) is 24.3 Å². The molecule has 0 saturated heterocycles. The number of H-pyrrole nitrogens is 1. The van der Waals surface area contributed by atoms with Crippen LogP contribution in [0.15, 0.2) is 58.2 Å². The summed E-state index contributed by atoms with van der Waals surface area (Å²) in [6.07, 6.45) is 0.473. The van der Waals surface area contributed by atoms with Crippen LogP contribution in [0.2, 0.25) is 0 Å². The first kappa shape index (κ1) is 19.8. The molecule has 0 atom stereocenters. The highest BCUT2D eigenvalue weighted by Crippen LogP contribution is 2.12. The predicted octanol–water partition coefficient (Wildman–Crippen LogP) is 1.87. The van der Waals surface area contributed by atoms with Gasteiger partial charge in [-0.1, -0.05) is 19.1 Å². The van der Waals surface area contributed by atoms with Crippen LogP contribution in [0.25, 0.3) is 11.0 Å². The standard InChI is InChI=1S/C19H21N3O5S/c1-2-20-28(25,26)15-10-8-14(9-11-15)18(23)27-13-5-12-22-17-7-4-3-6-16(17)21-19(22)24/h3-4,6-11,20H,2,5,12-13H2,1H3,(H,21,24). The van der Waals surface area contributed by atoms with E-state index >= 15 is 0 Å². The first-order valence-corrected chi connectivity index (χ1v) is 10.3. The van der Waals surface area contributed by atoms with Crippen molar-refractivity contribution in [2.75, 3.05) is 13.2 Å². The molecule has 3 rings (SSSR count). The first-order chi connectivity index (χ1) is 13.4. The molecule has 1 heterocycles.